The maximum Gasteiger partial charge on any atom is 0.336 e. The molecule has 10 heteroatoms. The van der Waals surface area contributed by atoms with E-state index in [-0.39, 0.29) is 30.8 Å². The van der Waals surface area contributed by atoms with Gasteiger partial charge in [0.25, 0.3) is 0 Å². The quantitative estimate of drug-likeness (QED) is 0.512. The van der Waals surface area contributed by atoms with Gasteiger partial charge < -0.3 is 14.6 Å². The minimum atomic E-state index is -2.33. The van der Waals surface area contributed by atoms with Gasteiger partial charge in [-0.2, -0.15) is 0 Å². The molecule has 0 spiro atoms. The van der Waals surface area contributed by atoms with Crippen molar-refractivity contribution < 1.29 is 42.1 Å². The molecular formula is C28H35F3O6S. The Balaban J connectivity index is 1.61. The van der Waals surface area contributed by atoms with E-state index in [4.69, 9.17) is 9.47 Å². The molecule has 0 aromatic rings. The third-order valence-corrected chi connectivity index (χ3v) is 11.2. The Morgan fingerprint density at radius 2 is 1.95 bits per heavy atom. The van der Waals surface area contributed by atoms with Crippen LogP contribution in [0.4, 0.5) is 13.2 Å². The van der Waals surface area contributed by atoms with Crippen molar-refractivity contribution in [3.63, 3.8) is 0 Å². The maximum absolute atomic E-state index is 17.4. The van der Waals surface area contributed by atoms with Crippen LogP contribution in [0.15, 0.2) is 23.8 Å². The molecule has 0 unspecified atom stereocenters. The zero-order chi connectivity index (χ0) is 27.8. The van der Waals surface area contributed by atoms with E-state index in [1.165, 1.54) is 19.1 Å². The van der Waals surface area contributed by atoms with E-state index in [0.717, 1.165) is 6.08 Å². The number of ether oxygens (including phenoxy) is 2. The molecule has 6 nitrogen and oxygen atoms in total. The summed E-state index contributed by atoms with van der Waals surface area (Å²) in [5, 5.41) is 10.9. The van der Waals surface area contributed by atoms with Crippen LogP contribution in [-0.2, 0) is 23.9 Å². The lowest BCUT2D eigenvalue weighted by molar-refractivity contribution is -0.231. The first-order chi connectivity index (χ1) is 17.8. The molecule has 38 heavy (non-hydrogen) atoms. The molecule has 1 heterocycles. The van der Waals surface area contributed by atoms with Crippen molar-refractivity contribution in [3.05, 3.63) is 23.8 Å². The lowest BCUT2D eigenvalue weighted by Crippen LogP contribution is -2.71. The Labute approximate surface area is 224 Å². The minimum absolute atomic E-state index is 0.00608. The molecule has 0 radical (unpaired) electrons. The smallest absolute Gasteiger partial charge is 0.336 e. The third kappa shape index (κ3) is 3.44. The number of alkyl halides is 3. The van der Waals surface area contributed by atoms with Crippen molar-refractivity contribution in [1.29, 1.82) is 0 Å². The molecule has 0 aromatic heterocycles. The maximum atomic E-state index is 17.4. The molecule has 1 N–H and O–H groups in total. The zero-order valence-electron chi connectivity index (χ0n) is 22.0. The molecule has 5 aliphatic rings. The highest BCUT2D eigenvalue weighted by Crippen LogP contribution is 2.72. The number of allylic oxidation sites excluding steroid dienone is 4. The van der Waals surface area contributed by atoms with Crippen molar-refractivity contribution in [2.75, 3.05) is 12.6 Å². The second kappa shape index (κ2) is 9.20. The van der Waals surface area contributed by atoms with E-state index in [0.29, 0.717) is 24.8 Å². The van der Waals surface area contributed by atoms with Crippen molar-refractivity contribution >= 4 is 28.6 Å². The number of aliphatic hydroxyl groups is 1. The first kappa shape index (κ1) is 27.9. The second-order valence-electron chi connectivity index (χ2n) is 12.3. The van der Waals surface area contributed by atoms with Crippen LogP contribution in [0, 0.1) is 34.5 Å². The van der Waals surface area contributed by atoms with Gasteiger partial charge >= 0.3 is 5.97 Å². The van der Waals surface area contributed by atoms with Gasteiger partial charge in [-0.05, 0) is 73.9 Å². The summed E-state index contributed by atoms with van der Waals surface area (Å²) in [4.78, 5) is 39.1. The fraction of sp³-hybridized carbons (Fsp3) is 0.750. The molecule has 11 atom stereocenters. The monoisotopic (exact) mass is 556 g/mol. The van der Waals surface area contributed by atoms with Crippen LogP contribution in [0.2, 0.25) is 0 Å². The number of carbonyl (C=O) groups is 3. The van der Waals surface area contributed by atoms with Gasteiger partial charge in [-0.25, -0.2) is 18.0 Å². The largest absolute Gasteiger partial charge is 0.447 e. The highest BCUT2D eigenvalue weighted by molar-refractivity contribution is 8.13. The summed E-state index contributed by atoms with van der Waals surface area (Å²) in [7, 11) is 0. The van der Waals surface area contributed by atoms with Crippen LogP contribution in [-0.4, -0.2) is 64.2 Å². The van der Waals surface area contributed by atoms with Gasteiger partial charge in [-0.1, -0.05) is 26.8 Å². The topological polar surface area (TPSA) is 89.9 Å². The fourth-order valence-electron chi connectivity index (χ4n) is 8.59. The van der Waals surface area contributed by atoms with Crippen LogP contribution in [0.25, 0.3) is 0 Å². The Bertz CT molecular complexity index is 1110. The van der Waals surface area contributed by atoms with E-state index in [2.05, 4.69) is 0 Å². The summed E-state index contributed by atoms with van der Waals surface area (Å²) >= 11 is 0.388. The van der Waals surface area contributed by atoms with Crippen molar-refractivity contribution in [3.8, 4) is 0 Å². The predicted octanol–water partition coefficient (Wildman–Crippen LogP) is 4.45. The summed E-state index contributed by atoms with van der Waals surface area (Å²) in [5.41, 5.74) is -7.05. The van der Waals surface area contributed by atoms with Gasteiger partial charge in [0.1, 0.15) is 12.2 Å². The Hall–Kier alpha value is -1.65. The molecule has 0 bridgehead atoms. The van der Waals surface area contributed by atoms with Crippen molar-refractivity contribution in [2.24, 2.45) is 34.5 Å². The number of carbonyl (C=O) groups excluding carboxylic acids is 3. The van der Waals surface area contributed by atoms with Gasteiger partial charge in [0.15, 0.2) is 23.2 Å². The predicted molar refractivity (Wildman–Crippen MR) is 134 cm³/mol. The Morgan fingerprint density at radius 1 is 1.24 bits per heavy atom. The number of aliphatic hydroxyl groups excluding tert-OH is 1. The molecule has 5 rings (SSSR count). The molecule has 3 saturated carbocycles. The third-order valence-electron chi connectivity index (χ3n) is 10.5. The number of hydrogen-bond acceptors (Lipinski definition) is 7. The zero-order valence-corrected chi connectivity index (χ0v) is 22.9. The number of rotatable bonds is 4. The Kier molecular flexibility index (Phi) is 6.75. The van der Waals surface area contributed by atoms with Crippen LogP contribution in [0.1, 0.15) is 53.4 Å². The number of thioether (sulfide) groups is 1. The van der Waals surface area contributed by atoms with Gasteiger partial charge in [-0.3, -0.25) is 9.59 Å². The van der Waals surface area contributed by atoms with Gasteiger partial charge in [-0.15, -0.1) is 0 Å². The first-order valence-electron chi connectivity index (χ1n) is 13.3. The average Bonchev–Trinajstić information content (AvgIpc) is 3.37. The van der Waals surface area contributed by atoms with Crippen molar-refractivity contribution in [2.45, 2.75) is 83.0 Å². The number of halogens is 3. The van der Waals surface area contributed by atoms with E-state index < -0.39 is 81.1 Å². The van der Waals surface area contributed by atoms with Crippen LogP contribution >= 0.6 is 11.8 Å². The molecule has 4 fully saturated rings. The highest BCUT2D eigenvalue weighted by Gasteiger charge is 2.78. The summed E-state index contributed by atoms with van der Waals surface area (Å²) in [6, 6.07) is -1.04. The number of hydrogen-bond donors (Lipinski definition) is 1. The van der Waals surface area contributed by atoms with Crippen LogP contribution in [0.3, 0.4) is 0 Å². The van der Waals surface area contributed by atoms with E-state index in [1.54, 1.807) is 13.8 Å². The Morgan fingerprint density at radius 3 is 2.58 bits per heavy atom. The summed E-state index contributed by atoms with van der Waals surface area (Å²) < 4.78 is 58.3. The molecule has 1 saturated heterocycles. The van der Waals surface area contributed by atoms with Crippen molar-refractivity contribution in [1.82, 2.24) is 0 Å². The van der Waals surface area contributed by atoms with Gasteiger partial charge in [0.05, 0.1) is 6.10 Å². The molecule has 0 amide bonds. The van der Waals surface area contributed by atoms with Gasteiger partial charge in [0, 0.05) is 29.3 Å². The first-order valence-corrected chi connectivity index (χ1v) is 14.3. The lowest BCUT2D eigenvalue weighted by atomic mass is 9.44. The lowest BCUT2D eigenvalue weighted by Gasteiger charge is -2.63. The minimum Gasteiger partial charge on any atom is -0.447 e. The normalized spacial score (nSPS) is 49.6. The average molecular weight is 557 g/mol. The molecule has 1 aliphatic heterocycles. The SMILES string of the molecule is C[C@@H]1CCO[C@@H]1C(=O)O[C@]1(C(=O)SCF)[C@H](C)C[C@H]2[C@@H]3C[C@H](F)C4=CC(=O)C=C[C@]4(C)[C@@]3(F)[C@@H](O)C[C@@]21C. The van der Waals surface area contributed by atoms with E-state index in [1.807, 2.05) is 6.92 Å². The number of ketones is 1. The van der Waals surface area contributed by atoms with E-state index in [9.17, 15) is 23.9 Å². The highest BCUT2D eigenvalue weighted by atomic mass is 32.2. The summed E-state index contributed by atoms with van der Waals surface area (Å²) in [6.45, 7) is 7.09. The van der Waals surface area contributed by atoms with Crippen LogP contribution in [0.5, 0.6) is 0 Å². The molecule has 0 aromatic carbocycles. The molecule has 210 valence electrons. The van der Waals surface area contributed by atoms with E-state index >= 15 is 8.78 Å². The fourth-order valence-corrected chi connectivity index (χ4v) is 9.38. The molecule has 4 aliphatic carbocycles. The van der Waals surface area contributed by atoms with Crippen LogP contribution < -0.4 is 0 Å². The summed E-state index contributed by atoms with van der Waals surface area (Å²) in [5.74, 6) is -3.66. The number of esters is 1. The standard InChI is InChI=1S/C28H35F3O6S/c1-14-6-8-36-22(14)23(34)37-28(24(35)38-13-29)15(2)9-17-18-11-20(30)19-10-16(32)5-7-25(19,3)27(18,31)21(33)12-26(17,28)4/h5,7,10,14-15,17-18,20-22,33H,6,8-9,11-13H2,1-4H3/t14-,15-,17+,18+,20+,21+,22+,25+,26+,27+,28+/m1/s1. The molecular weight excluding hydrogens is 521 g/mol. The number of fused-ring (bicyclic) bond motifs is 5. The second-order valence-corrected chi connectivity index (χ2v) is 13.1. The summed E-state index contributed by atoms with van der Waals surface area (Å²) in [6.07, 6.45) is -0.201. The van der Waals surface area contributed by atoms with Gasteiger partial charge in [0.2, 0.25) is 5.12 Å².